The Kier molecular flexibility index (Phi) is 12.1. The first-order valence-electron chi connectivity index (χ1n) is 4.07. The SMILES string of the molecule is CCC(=O)O.O=C([O-])CCCCO. The summed E-state index contributed by atoms with van der Waals surface area (Å²) in [5, 5.41) is 25.6. The van der Waals surface area contributed by atoms with Crippen LogP contribution in [0.5, 0.6) is 0 Å². The van der Waals surface area contributed by atoms with Crippen molar-refractivity contribution in [3.63, 3.8) is 0 Å². The Labute approximate surface area is 77.0 Å². The van der Waals surface area contributed by atoms with E-state index in [0.29, 0.717) is 12.8 Å². The lowest BCUT2D eigenvalue weighted by atomic mass is 10.2. The molecule has 0 fully saturated rings. The van der Waals surface area contributed by atoms with E-state index >= 15 is 0 Å². The third kappa shape index (κ3) is 24.8. The van der Waals surface area contributed by atoms with Crippen molar-refractivity contribution in [2.45, 2.75) is 32.6 Å². The Morgan fingerprint density at radius 1 is 1.31 bits per heavy atom. The van der Waals surface area contributed by atoms with Gasteiger partial charge < -0.3 is 20.1 Å². The first kappa shape index (κ1) is 14.4. The lowest BCUT2D eigenvalue weighted by molar-refractivity contribution is -0.305. The van der Waals surface area contributed by atoms with E-state index in [1.165, 1.54) is 0 Å². The van der Waals surface area contributed by atoms with Gasteiger partial charge in [-0.2, -0.15) is 0 Å². The molecule has 0 bridgehead atoms. The zero-order chi connectivity index (χ0) is 10.7. The van der Waals surface area contributed by atoms with Crippen molar-refractivity contribution in [3.8, 4) is 0 Å². The van der Waals surface area contributed by atoms with Crippen LogP contribution in [0.15, 0.2) is 0 Å². The van der Waals surface area contributed by atoms with Gasteiger partial charge in [0.2, 0.25) is 0 Å². The van der Waals surface area contributed by atoms with E-state index in [1.807, 2.05) is 0 Å². The van der Waals surface area contributed by atoms with Crippen molar-refractivity contribution >= 4 is 11.9 Å². The number of aliphatic hydroxyl groups is 1. The number of hydrogen-bond donors (Lipinski definition) is 2. The molecule has 5 nitrogen and oxygen atoms in total. The summed E-state index contributed by atoms with van der Waals surface area (Å²) in [4.78, 5) is 19.0. The van der Waals surface area contributed by atoms with Crippen LogP contribution in [0, 0.1) is 0 Å². The van der Waals surface area contributed by atoms with Gasteiger partial charge in [-0.05, 0) is 19.3 Å². The molecule has 5 heteroatoms. The van der Waals surface area contributed by atoms with Crippen molar-refractivity contribution in [3.05, 3.63) is 0 Å². The smallest absolute Gasteiger partial charge is 0.303 e. The zero-order valence-electron chi connectivity index (χ0n) is 7.65. The molecule has 0 aromatic carbocycles. The average Bonchev–Trinajstić information content (AvgIpc) is 2.05. The summed E-state index contributed by atoms with van der Waals surface area (Å²) in [6.45, 7) is 1.66. The Hall–Kier alpha value is -1.10. The fourth-order valence-electron chi connectivity index (χ4n) is 0.381. The molecular formula is C8H15O5-. The largest absolute Gasteiger partial charge is 0.550 e. The molecule has 0 rings (SSSR count). The van der Waals surface area contributed by atoms with Gasteiger partial charge in [-0.3, -0.25) is 4.79 Å². The summed E-state index contributed by atoms with van der Waals surface area (Å²) in [5.74, 6) is -1.79. The van der Waals surface area contributed by atoms with Crippen molar-refractivity contribution in [1.29, 1.82) is 0 Å². The molecule has 0 aliphatic heterocycles. The number of aliphatic carboxylic acids is 2. The summed E-state index contributed by atoms with van der Waals surface area (Å²) in [7, 11) is 0. The first-order chi connectivity index (χ1) is 6.04. The third-order valence-corrected chi connectivity index (χ3v) is 1.09. The molecule has 0 aromatic heterocycles. The van der Waals surface area contributed by atoms with Crippen LogP contribution < -0.4 is 5.11 Å². The van der Waals surface area contributed by atoms with Crippen LogP contribution in [0.4, 0.5) is 0 Å². The summed E-state index contributed by atoms with van der Waals surface area (Å²) in [6.07, 6.45) is 1.34. The summed E-state index contributed by atoms with van der Waals surface area (Å²) >= 11 is 0. The summed E-state index contributed by atoms with van der Waals surface area (Å²) < 4.78 is 0. The number of carbonyl (C=O) groups is 2. The number of carboxylic acid groups (broad SMARTS) is 2. The molecule has 0 aromatic rings. The fourth-order valence-corrected chi connectivity index (χ4v) is 0.381. The second-order valence-corrected chi connectivity index (χ2v) is 2.30. The lowest BCUT2D eigenvalue weighted by Gasteiger charge is -1.97. The molecule has 0 saturated carbocycles. The lowest BCUT2D eigenvalue weighted by Crippen LogP contribution is -2.21. The summed E-state index contributed by atoms with van der Waals surface area (Å²) in [5.41, 5.74) is 0. The highest BCUT2D eigenvalue weighted by Gasteiger charge is 1.84. The van der Waals surface area contributed by atoms with Gasteiger partial charge in [0, 0.05) is 19.0 Å². The van der Waals surface area contributed by atoms with Crippen LogP contribution in [-0.4, -0.2) is 28.8 Å². The van der Waals surface area contributed by atoms with Crippen LogP contribution in [0.3, 0.4) is 0 Å². The third-order valence-electron chi connectivity index (χ3n) is 1.09. The Morgan fingerprint density at radius 3 is 2.00 bits per heavy atom. The Bertz CT molecular complexity index is 143. The molecule has 0 amide bonds. The van der Waals surface area contributed by atoms with E-state index in [2.05, 4.69) is 0 Å². The maximum atomic E-state index is 9.68. The maximum absolute atomic E-state index is 9.68. The van der Waals surface area contributed by atoms with Gasteiger partial charge in [-0.15, -0.1) is 0 Å². The van der Waals surface area contributed by atoms with E-state index in [1.54, 1.807) is 6.92 Å². The molecule has 13 heavy (non-hydrogen) atoms. The topological polar surface area (TPSA) is 97.7 Å². The van der Waals surface area contributed by atoms with E-state index in [0.717, 1.165) is 0 Å². The molecule has 0 saturated heterocycles. The van der Waals surface area contributed by atoms with Crippen molar-refractivity contribution in [1.82, 2.24) is 0 Å². The zero-order valence-corrected chi connectivity index (χ0v) is 7.65. The molecular weight excluding hydrogens is 176 g/mol. The molecule has 0 unspecified atom stereocenters. The molecule has 0 aliphatic carbocycles. The molecule has 0 atom stereocenters. The van der Waals surface area contributed by atoms with E-state index < -0.39 is 11.9 Å². The minimum Gasteiger partial charge on any atom is -0.550 e. The quantitative estimate of drug-likeness (QED) is 0.564. The number of carboxylic acids is 2. The van der Waals surface area contributed by atoms with E-state index in [4.69, 9.17) is 10.2 Å². The summed E-state index contributed by atoms with van der Waals surface area (Å²) in [6, 6.07) is 0. The standard InChI is InChI=1S/C5H10O3.C3H6O2/c6-4-2-1-3-5(7)8;1-2-3(4)5/h6H,1-4H2,(H,7,8);2H2,1H3,(H,4,5)/p-1. The van der Waals surface area contributed by atoms with Crippen LogP contribution in [-0.2, 0) is 9.59 Å². The van der Waals surface area contributed by atoms with Crippen LogP contribution in [0.25, 0.3) is 0 Å². The van der Waals surface area contributed by atoms with Crippen LogP contribution in [0.1, 0.15) is 32.6 Å². The predicted octanol–water partition coefficient (Wildman–Crippen LogP) is -0.620. The van der Waals surface area contributed by atoms with Gasteiger partial charge in [0.15, 0.2) is 0 Å². The second-order valence-electron chi connectivity index (χ2n) is 2.30. The molecule has 0 aliphatic rings. The fraction of sp³-hybridized carbons (Fsp3) is 0.750. The number of hydrogen-bond acceptors (Lipinski definition) is 4. The molecule has 0 radical (unpaired) electrons. The highest BCUT2D eigenvalue weighted by molar-refractivity contribution is 5.66. The molecule has 78 valence electrons. The van der Waals surface area contributed by atoms with Gasteiger partial charge in [0.25, 0.3) is 0 Å². The van der Waals surface area contributed by atoms with Crippen molar-refractivity contribution < 1.29 is 24.9 Å². The monoisotopic (exact) mass is 191 g/mol. The predicted molar refractivity (Wildman–Crippen MR) is 43.9 cm³/mol. The minimum atomic E-state index is -1.04. The Morgan fingerprint density at radius 2 is 1.77 bits per heavy atom. The highest BCUT2D eigenvalue weighted by atomic mass is 16.4. The van der Waals surface area contributed by atoms with Gasteiger partial charge in [0.05, 0.1) is 0 Å². The normalized spacial score (nSPS) is 8.46. The minimum absolute atomic E-state index is 0.0561. The average molecular weight is 191 g/mol. The van der Waals surface area contributed by atoms with Gasteiger partial charge >= 0.3 is 5.97 Å². The van der Waals surface area contributed by atoms with Gasteiger partial charge in [0.1, 0.15) is 0 Å². The first-order valence-corrected chi connectivity index (χ1v) is 4.07. The highest BCUT2D eigenvalue weighted by Crippen LogP contribution is 1.90. The number of aliphatic hydroxyl groups excluding tert-OH is 1. The maximum Gasteiger partial charge on any atom is 0.303 e. The van der Waals surface area contributed by atoms with Gasteiger partial charge in [-0.25, -0.2) is 0 Å². The molecule has 0 heterocycles. The van der Waals surface area contributed by atoms with Crippen LogP contribution >= 0.6 is 0 Å². The van der Waals surface area contributed by atoms with E-state index in [-0.39, 0.29) is 19.4 Å². The molecule has 2 N–H and O–H groups in total. The number of carbonyl (C=O) groups excluding carboxylic acids is 1. The number of rotatable bonds is 5. The van der Waals surface area contributed by atoms with Crippen molar-refractivity contribution in [2.24, 2.45) is 0 Å². The Balaban J connectivity index is 0. The number of unbranched alkanes of at least 4 members (excludes halogenated alkanes) is 1. The van der Waals surface area contributed by atoms with Crippen LogP contribution in [0.2, 0.25) is 0 Å². The van der Waals surface area contributed by atoms with E-state index in [9.17, 15) is 14.7 Å². The van der Waals surface area contributed by atoms with Crippen molar-refractivity contribution in [2.75, 3.05) is 6.61 Å². The second kappa shape index (κ2) is 10.9. The van der Waals surface area contributed by atoms with Gasteiger partial charge in [-0.1, -0.05) is 6.92 Å². The molecule has 0 spiro atoms.